The Labute approximate surface area is 150 Å². The third-order valence-electron chi connectivity index (χ3n) is 3.64. The second kappa shape index (κ2) is 10.1. The van der Waals surface area contributed by atoms with Crippen LogP contribution in [0, 0.1) is 0 Å². The molecule has 0 spiro atoms. The Morgan fingerprint density at radius 1 is 1.50 bits per heavy atom. The molecule has 4 amide bonds. The summed E-state index contributed by atoms with van der Waals surface area (Å²) in [6.45, 7) is 0.355. The van der Waals surface area contributed by atoms with Gasteiger partial charge in [0.2, 0.25) is 17.8 Å². The summed E-state index contributed by atoms with van der Waals surface area (Å²) >= 11 is 0. The fourth-order valence-corrected chi connectivity index (χ4v) is 2.22. The minimum absolute atomic E-state index is 0.00107. The first-order valence-corrected chi connectivity index (χ1v) is 7.87. The number of rotatable bonds is 7. The van der Waals surface area contributed by atoms with Crippen LogP contribution in [-0.2, 0) is 9.59 Å². The fourth-order valence-electron chi connectivity index (χ4n) is 2.22. The number of nitrogens with zero attached hydrogens (tertiary/aromatic N) is 3. The van der Waals surface area contributed by atoms with Gasteiger partial charge in [0.1, 0.15) is 6.04 Å². The predicted octanol–water partition coefficient (Wildman–Crippen LogP) is -3.24. The molecule has 1 heterocycles. The topological polar surface area (TPSA) is 214 Å². The Morgan fingerprint density at radius 3 is 2.77 bits per heavy atom. The Kier molecular flexibility index (Phi) is 8.24. The summed E-state index contributed by atoms with van der Waals surface area (Å²) in [5.74, 6) is -0.925. The van der Waals surface area contributed by atoms with E-state index in [1.807, 2.05) is 0 Å². The van der Waals surface area contributed by atoms with E-state index in [9.17, 15) is 14.4 Å². The van der Waals surface area contributed by atoms with E-state index in [1.54, 1.807) is 5.48 Å². The van der Waals surface area contributed by atoms with Gasteiger partial charge in [-0.25, -0.2) is 15.3 Å². The number of hydrogen-bond donors (Lipinski definition) is 7. The number of carbonyl (C=O) groups excluding carboxylic acids is 3. The highest BCUT2D eigenvalue weighted by Gasteiger charge is 2.31. The summed E-state index contributed by atoms with van der Waals surface area (Å²) < 4.78 is 0. The van der Waals surface area contributed by atoms with Crippen molar-refractivity contribution >= 4 is 29.8 Å². The maximum Gasteiger partial charge on any atom is 0.318 e. The molecule has 0 radical (unpaired) electrons. The molecule has 13 nitrogen and oxygen atoms in total. The van der Waals surface area contributed by atoms with Gasteiger partial charge in [-0.1, -0.05) is 0 Å². The molecule has 0 saturated heterocycles. The zero-order valence-corrected chi connectivity index (χ0v) is 14.4. The van der Waals surface area contributed by atoms with Crippen LogP contribution in [0.25, 0.3) is 0 Å². The third kappa shape index (κ3) is 6.90. The van der Waals surface area contributed by atoms with Crippen LogP contribution in [0.1, 0.15) is 19.3 Å². The van der Waals surface area contributed by atoms with Crippen LogP contribution in [-0.4, -0.2) is 72.1 Å². The van der Waals surface area contributed by atoms with E-state index in [0.29, 0.717) is 19.4 Å². The lowest BCUT2D eigenvalue weighted by atomic mass is 10.1. The molecule has 0 bridgehead atoms. The lowest BCUT2D eigenvalue weighted by molar-refractivity contribution is -0.138. The first-order chi connectivity index (χ1) is 12.2. The van der Waals surface area contributed by atoms with E-state index < -0.39 is 24.0 Å². The van der Waals surface area contributed by atoms with Crippen molar-refractivity contribution in [1.82, 2.24) is 21.0 Å². The number of likely N-dealkylation sites (N-methyl/N-ethyl adjacent to an activating group) is 1. The van der Waals surface area contributed by atoms with Crippen molar-refractivity contribution in [2.75, 3.05) is 20.1 Å². The van der Waals surface area contributed by atoms with Gasteiger partial charge in [0.05, 0.1) is 6.54 Å². The van der Waals surface area contributed by atoms with Gasteiger partial charge in [-0.2, -0.15) is 0 Å². The molecule has 1 aliphatic heterocycles. The molecule has 1 rings (SSSR count). The average molecular weight is 371 g/mol. The van der Waals surface area contributed by atoms with E-state index in [-0.39, 0.29) is 30.8 Å². The van der Waals surface area contributed by atoms with Gasteiger partial charge >= 0.3 is 6.03 Å². The number of amides is 4. The summed E-state index contributed by atoms with van der Waals surface area (Å²) in [4.78, 5) is 44.1. The monoisotopic (exact) mass is 371 g/mol. The summed E-state index contributed by atoms with van der Waals surface area (Å²) in [5.41, 5.74) is 17.8. The molecule has 0 fully saturated rings. The van der Waals surface area contributed by atoms with Crippen molar-refractivity contribution in [3.05, 3.63) is 0 Å². The number of guanidine groups is 2. The van der Waals surface area contributed by atoms with Gasteiger partial charge in [-0.15, -0.1) is 0 Å². The molecule has 1 aliphatic rings. The Balaban J connectivity index is 2.45. The number of carbonyl (C=O) groups is 3. The molecule has 0 aromatic rings. The lowest BCUT2D eigenvalue weighted by Crippen LogP contribution is -2.58. The number of hydrogen-bond acceptors (Lipinski definition) is 7. The molecule has 26 heavy (non-hydrogen) atoms. The molecule has 1 unspecified atom stereocenters. The molecule has 10 N–H and O–H groups in total. The molecular weight excluding hydrogens is 346 g/mol. The largest absolute Gasteiger partial charge is 0.368 e. The van der Waals surface area contributed by atoms with Crippen molar-refractivity contribution in [2.45, 2.75) is 31.3 Å². The predicted molar refractivity (Wildman–Crippen MR) is 93.0 cm³/mol. The number of aliphatic imine (C=N–C) groups is 2. The van der Waals surface area contributed by atoms with Crippen LogP contribution in [0.4, 0.5) is 4.79 Å². The molecule has 0 aromatic heterocycles. The van der Waals surface area contributed by atoms with Crippen molar-refractivity contribution < 1.29 is 19.6 Å². The fraction of sp³-hybridized carbons (Fsp3) is 0.615. The van der Waals surface area contributed by atoms with Crippen LogP contribution in [0.3, 0.4) is 0 Å². The van der Waals surface area contributed by atoms with Crippen molar-refractivity contribution in [2.24, 2.45) is 27.2 Å². The maximum atomic E-state index is 12.3. The lowest BCUT2D eigenvalue weighted by Gasteiger charge is -2.30. The van der Waals surface area contributed by atoms with Gasteiger partial charge in [-0.3, -0.25) is 30.4 Å². The molecule has 2 atom stereocenters. The Hall–Kier alpha value is -2.93. The molecule has 146 valence electrons. The van der Waals surface area contributed by atoms with Gasteiger partial charge in [0.15, 0.2) is 0 Å². The molecule has 13 heteroatoms. The van der Waals surface area contributed by atoms with Crippen LogP contribution < -0.4 is 33.3 Å². The average Bonchev–Trinajstić information content (AvgIpc) is 2.57. The number of hydroxylamine groups is 1. The van der Waals surface area contributed by atoms with Crippen molar-refractivity contribution in [3.63, 3.8) is 0 Å². The van der Waals surface area contributed by atoms with Gasteiger partial charge in [-0.05, 0) is 12.8 Å². The highest BCUT2D eigenvalue weighted by molar-refractivity contribution is 6.07. The highest BCUT2D eigenvalue weighted by atomic mass is 16.5. The van der Waals surface area contributed by atoms with Crippen molar-refractivity contribution in [1.29, 1.82) is 0 Å². The Morgan fingerprint density at radius 2 is 2.19 bits per heavy atom. The SMILES string of the molecule is CN(C(=O)C[C@@H](N)CCCN=C(N)NO)C1CN=C(NC(N)=O)NC1=O. The van der Waals surface area contributed by atoms with E-state index in [0.717, 1.165) is 0 Å². The highest BCUT2D eigenvalue weighted by Crippen LogP contribution is 2.08. The molecule has 0 aromatic carbocycles. The normalized spacial score (nSPS) is 18.4. The van der Waals surface area contributed by atoms with Crippen LogP contribution in [0.5, 0.6) is 0 Å². The third-order valence-corrected chi connectivity index (χ3v) is 3.64. The van der Waals surface area contributed by atoms with Crippen LogP contribution in [0.2, 0.25) is 0 Å². The quantitative estimate of drug-likeness (QED) is 0.105. The molecule has 0 aliphatic carbocycles. The van der Waals surface area contributed by atoms with E-state index in [1.165, 1.54) is 11.9 Å². The van der Waals surface area contributed by atoms with Crippen molar-refractivity contribution in [3.8, 4) is 0 Å². The number of urea groups is 1. The smallest absolute Gasteiger partial charge is 0.318 e. The zero-order valence-electron chi connectivity index (χ0n) is 14.4. The summed E-state index contributed by atoms with van der Waals surface area (Å²) in [5, 5.41) is 13.0. The second-order valence-electron chi connectivity index (χ2n) is 5.67. The summed E-state index contributed by atoms with van der Waals surface area (Å²) in [6, 6.07) is -2.06. The number of nitrogens with one attached hydrogen (secondary N) is 3. The minimum Gasteiger partial charge on any atom is -0.368 e. The van der Waals surface area contributed by atoms with E-state index in [2.05, 4.69) is 20.6 Å². The van der Waals surface area contributed by atoms with Crippen LogP contribution in [0.15, 0.2) is 9.98 Å². The zero-order chi connectivity index (χ0) is 19.7. The second-order valence-corrected chi connectivity index (χ2v) is 5.67. The van der Waals surface area contributed by atoms with E-state index >= 15 is 0 Å². The number of nitrogens with two attached hydrogens (primary N) is 3. The van der Waals surface area contributed by atoms with E-state index in [4.69, 9.17) is 22.4 Å². The summed E-state index contributed by atoms with van der Waals surface area (Å²) in [6.07, 6.45) is 1.15. The first-order valence-electron chi connectivity index (χ1n) is 7.87. The standard InChI is InChI=1S/C13H25N9O4/c1-22(8-6-18-13(19-10(8)24)20-12(16)25)9(23)5-7(14)3-2-4-17-11(15)21-26/h7-8,26H,2-6,14H2,1H3,(H3,15,17,21)(H4,16,18,19,20,24,25)/t7-,8?/m0/s1. The van der Waals surface area contributed by atoms with Gasteiger partial charge < -0.3 is 22.1 Å². The summed E-state index contributed by atoms with van der Waals surface area (Å²) in [7, 11) is 1.49. The molecule has 0 saturated carbocycles. The first kappa shape index (κ1) is 21.1. The molecular formula is C13H25N9O4. The van der Waals surface area contributed by atoms with Gasteiger partial charge in [0, 0.05) is 26.1 Å². The Bertz CT molecular complexity index is 592. The minimum atomic E-state index is -0.848. The number of primary amides is 1. The maximum absolute atomic E-state index is 12.3. The van der Waals surface area contributed by atoms with Crippen LogP contribution >= 0.6 is 0 Å². The van der Waals surface area contributed by atoms with Gasteiger partial charge in [0.25, 0.3) is 5.91 Å².